The molecular weight excluding hydrogens is 452 g/mol. The number of nitrogens with one attached hydrogen (secondary N) is 1. The van der Waals surface area contributed by atoms with Gasteiger partial charge in [-0.25, -0.2) is 33.1 Å². The van der Waals surface area contributed by atoms with Crippen LogP contribution in [0.1, 0.15) is 35.1 Å². The highest BCUT2D eigenvalue weighted by Crippen LogP contribution is 2.06. The van der Waals surface area contributed by atoms with Gasteiger partial charge < -0.3 is 10.4 Å². The molecule has 0 aliphatic heterocycles. The summed E-state index contributed by atoms with van der Waals surface area (Å²) in [6.45, 7) is 7.08. The summed E-state index contributed by atoms with van der Waals surface area (Å²) in [6.07, 6.45) is 0. The monoisotopic (exact) mass is 475 g/mol. The normalized spacial score (nSPS) is 11.0. The molecule has 0 aliphatic rings. The van der Waals surface area contributed by atoms with E-state index < -0.39 is 40.5 Å². The number of hydrogen-bond donors (Lipinski definition) is 2. The minimum Gasteiger partial charge on any atom is -0.475 e. The number of aromatic nitrogens is 6. The molecule has 0 saturated heterocycles. The lowest BCUT2D eigenvalue weighted by Crippen LogP contribution is -2.43. The molecule has 14 nitrogen and oxygen atoms in total. The Hall–Kier alpha value is -2.98. The van der Waals surface area contributed by atoms with Gasteiger partial charge in [0.05, 0.1) is 0 Å². The molecule has 0 saturated carbocycles. The first kappa shape index (κ1) is 26.1. The van der Waals surface area contributed by atoms with Crippen LogP contribution in [0.25, 0.3) is 0 Å². The number of rotatable bonds is 6. The Morgan fingerprint density at radius 1 is 0.871 bits per heavy atom. The molecular formula is C15H23N7O7P2. The quantitative estimate of drug-likeness (QED) is 0.449. The van der Waals surface area contributed by atoms with E-state index in [4.69, 9.17) is 5.11 Å². The maximum atomic E-state index is 11.8. The first-order valence-electron chi connectivity index (χ1n) is 8.88. The van der Waals surface area contributed by atoms with Crippen LogP contribution in [-0.4, -0.2) is 65.1 Å². The van der Waals surface area contributed by atoms with Crippen LogP contribution in [0.2, 0.25) is 0 Å². The van der Waals surface area contributed by atoms with Gasteiger partial charge in [0.15, 0.2) is 0 Å². The molecule has 2 atom stereocenters. The Morgan fingerprint density at radius 3 is 1.58 bits per heavy atom. The fraction of sp³-hybridized carbons (Fsp3) is 0.467. The lowest BCUT2D eigenvalue weighted by Gasteiger charge is -2.09. The minimum absolute atomic E-state index is 0.0404. The molecule has 0 aromatic carbocycles. The van der Waals surface area contributed by atoms with Crippen molar-refractivity contribution in [2.45, 2.75) is 26.9 Å². The summed E-state index contributed by atoms with van der Waals surface area (Å²) in [4.78, 5) is 75.2. The minimum atomic E-state index is -1.37. The highest BCUT2D eigenvalue weighted by Gasteiger charge is 2.17. The van der Waals surface area contributed by atoms with Crippen molar-refractivity contribution in [1.29, 1.82) is 0 Å². The Kier molecular flexibility index (Phi) is 9.60. The molecule has 31 heavy (non-hydrogen) atoms. The number of hydrogen-bond acceptors (Lipinski definition) is 8. The van der Waals surface area contributed by atoms with E-state index in [1.54, 1.807) is 27.2 Å². The van der Waals surface area contributed by atoms with Crippen molar-refractivity contribution in [2.75, 3.05) is 20.4 Å². The molecule has 2 heterocycles. The van der Waals surface area contributed by atoms with Crippen LogP contribution in [0.4, 0.5) is 0 Å². The number of amides is 1. The SMILES string of the molecule is CCn1c(=O)nc(C(=O)NC)n(PC)c1=O.CCn1c(=O)nc(C(=O)O)n(PC)c1=O. The zero-order valence-electron chi connectivity index (χ0n) is 17.5. The number of carboxylic acid groups (broad SMARTS) is 1. The maximum Gasteiger partial charge on any atom is 0.372 e. The first-order valence-corrected chi connectivity index (χ1v) is 11.8. The molecule has 2 aromatic heterocycles. The van der Waals surface area contributed by atoms with Crippen molar-refractivity contribution in [1.82, 2.24) is 33.1 Å². The summed E-state index contributed by atoms with van der Waals surface area (Å²) in [6, 6.07) is 0. The smallest absolute Gasteiger partial charge is 0.372 e. The number of carboxylic acids is 1. The topological polar surface area (TPSA) is 180 Å². The van der Waals surface area contributed by atoms with Gasteiger partial charge in [0.25, 0.3) is 5.91 Å². The van der Waals surface area contributed by atoms with Crippen LogP contribution in [0.5, 0.6) is 0 Å². The lowest BCUT2D eigenvalue weighted by atomic mass is 10.5. The van der Waals surface area contributed by atoms with Crippen LogP contribution in [0.3, 0.4) is 0 Å². The third-order valence-corrected chi connectivity index (χ3v) is 5.53. The maximum absolute atomic E-state index is 11.8. The van der Waals surface area contributed by atoms with Crippen molar-refractivity contribution >= 4 is 29.3 Å². The van der Waals surface area contributed by atoms with E-state index in [0.717, 1.165) is 13.5 Å². The molecule has 2 unspecified atom stereocenters. The molecule has 16 heteroatoms. The predicted octanol–water partition coefficient (Wildman–Crippen LogP) is -1.95. The van der Waals surface area contributed by atoms with Crippen LogP contribution in [-0.2, 0) is 13.1 Å². The number of carbonyl (C=O) groups is 2. The summed E-state index contributed by atoms with van der Waals surface area (Å²) in [5, 5.41) is 11.1. The van der Waals surface area contributed by atoms with Crippen molar-refractivity contribution in [3.63, 3.8) is 0 Å². The molecule has 0 radical (unpaired) electrons. The summed E-state index contributed by atoms with van der Waals surface area (Å²) in [5.41, 5.74) is -2.65. The lowest BCUT2D eigenvalue weighted by molar-refractivity contribution is 0.0679. The molecule has 0 bridgehead atoms. The zero-order chi connectivity index (χ0) is 23.9. The third kappa shape index (κ3) is 5.59. The molecule has 2 aromatic rings. The first-order chi connectivity index (χ1) is 14.6. The average molecular weight is 475 g/mol. The van der Waals surface area contributed by atoms with Gasteiger partial charge in [0.2, 0.25) is 11.6 Å². The Labute approximate surface area is 178 Å². The number of nitrogens with zero attached hydrogens (tertiary/aromatic N) is 6. The van der Waals surface area contributed by atoms with E-state index in [1.807, 2.05) is 0 Å². The summed E-state index contributed by atoms with van der Waals surface area (Å²) < 4.78 is 4.06. The molecule has 0 spiro atoms. The number of aromatic carboxylic acids is 1. The Bertz CT molecular complexity index is 1210. The second kappa shape index (κ2) is 11.4. The van der Waals surface area contributed by atoms with Crippen LogP contribution >= 0.6 is 17.5 Å². The van der Waals surface area contributed by atoms with Crippen molar-refractivity contribution < 1.29 is 14.7 Å². The molecule has 2 N–H and O–H groups in total. The van der Waals surface area contributed by atoms with Gasteiger partial charge in [-0.05, 0) is 44.6 Å². The summed E-state index contributed by atoms with van der Waals surface area (Å²) >= 11 is 0. The van der Waals surface area contributed by atoms with Gasteiger partial charge in [-0.15, -0.1) is 0 Å². The Balaban J connectivity index is 0.000000311. The van der Waals surface area contributed by atoms with Gasteiger partial charge in [0, 0.05) is 20.1 Å². The predicted molar refractivity (Wildman–Crippen MR) is 116 cm³/mol. The van der Waals surface area contributed by atoms with Gasteiger partial charge >= 0.3 is 28.7 Å². The molecule has 2 rings (SSSR count). The fourth-order valence-electron chi connectivity index (χ4n) is 2.34. The van der Waals surface area contributed by atoms with Crippen LogP contribution < -0.4 is 28.1 Å². The molecule has 1 amide bonds. The van der Waals surface area contributed by atoms with Gasteiger partial charge in [0.1, 0.15) is 0 Å². The largest absolute Gasteiger partial charge is 0.475 e. The summed E-state index contributed by atoms with van der Waals surface area (Å²) in [5.74, 6) is -2.55. The van der Waals surface area contributed by atoms with E-state index in [1.165, 1.54) is 11.4 Å². The Morgan fingerprint density at radius 2 is 1.26 bits per heavy atom. The standard InChI is InChI=1S/C8H13N4O3P.C7H10N3O4P/c1-4-11-7(14)10-5(6(13)9-2)12(16-3)8(11)15;1-3-9-6(13)8-4(5(11)12)10(15-2)7(9)14/h16H,4H2,1-3H3,(H,9,13);15H,3H2,1-2H3,(H,11,12). The average Bonchev–Trinajstić information content (AvgIpc) is 2.73. The second-order valence-corrected chi connectivity index (χ2v) is 7.28. The van der Waals surface area contributed by atoms with Gasteiger partial charge in [-0.1, -0.05) is 0 Å². The van der Waals surface area contributed by atoms with E-state index in [0.29, 0.717) is 0 Å². The fourth-order valence-corrected chi connectivity index (χ4v) is 3.68. The van der Waals surface area contributed by atoms with Crippen molar-refractivity contribution in [2.24, 2.45) is 0 Å². The third-order valence-electron chi connectivity index (χ3n) is 3.83. The van der Waals surface area contributed by atoms with Gasteiger partial charge in [-0.2, -0.15) is 9.97 Å². The van der Waals surface area contributed by atoms with Crippen LogP contribution in [0.15, 0.2) is 19.2 Å². The highest BCUT2D eigenvalue weighted by molar-refractivity contribution is 7.35. The van der Waals surface area contributed by atoms with E-state index in [2.05, 4.69) is 15.3 Å². The molecule has 0 fully saturated rings. The van der Waals surface area contributed by atoms with E-state index in [9.17, 15) is 28.8 Å². The van der Waals surface area contributed by atoms with E-state index >= 15 is 0 Å². The zero-order valence-corrected chi connectivity index (χ0v) is 19.5. The molecule has 170 valence electrons. The van der Waals surface area contributed by atoms with E-state index in [-0.39, 0.29) is 36.4 Å². The number of carbonyl (C=O) groups excluding carboxylic acids is 1. The van der Waals surface area contributed by atoms with Crippen molar-refractivity contribution in [3.8, 4) is 0 Å². The van der Waals surface area contributed by atoms with Crippen molar-refractivity contribution in [3.05, 3.63) is 53.6 Å². The summed E-state index contributed by atoms with van der Waals surface area (Å²) in [7, 11) is 1.38. The highest BCUT2D eigenvalue weighted by atomic mass is 31.1. The van der Waals surface area contributed by atoms with Gasteiger partial charge in [-0.3, -0.25) is 13.5 Å². The van der Waals surface area contributed by atoms with Crippen LogP contribution in [0, 0.1) is 0 Å². The molecule has 0 aliphatic carbocycles. The second-order valence-electron chi connectivity index (χ2n) is 5.49.